The number of rotatable bonds is 9. The van der Waals surface area contributed by atoms with Crippen molar-refractivity contribution in [2.24, 2.45) is 0 Å². The summed E-state index contributed by atoms with van der Waals surface area (Å²) in [6.07, 6.45) is -0.762. The molecule has 1 atom stereocenters. The van der Waals surface area contributed by atoms with Gasteiger partial charge >= 0.3 is 0 Å². The smallest absolute Gasteiger partial charge is 0.130 e. The van der Waals surface area contributed by atoms with Gasteiger partial charge in [-0.05, 0) is 30.2 Å². The molecular formula is C24H25F2NO2. The van der Waals surface area contributed by atoms with Gasteiger partial charge in [0.2, 0.25) is 0 Å². The van der Waals surface area contributed by atoms with Crippen LogP contribution in [0.2, 0.25) is 0 Å². The predicted octanol–water partition coefficient (Wildman–Crippen LogP) is 4.72. The van der Waals surface area contributed by atoms with E-state index in [1.54, 1.807) is 0 Å². The Morgan fingerprint density at radius 1 is 0.931 bits per heavy atom. The fourth-order valence-electron chi connectivity index (χ4n) is 3.17. The van der Waals surface area contributed by atoms with E-state index in [1.807, 2.05) is 66.4 Å². The molecule has 0 bridgehead atoms. The number of hydrogen-bond acceptors (Lipinski definition) is 3. The molecule has 1 unspecified atom stereocenters. The van der Waals surface area contributed by atoms with Crippen LogP contribution in [0.1, 0.15) is 16.7 Å². The van der Waals surface area contributed by atoms with Crippen LogP contribution in [0.25, 0.3) is 0 Å². The van der Waals surface area contributed by atoms with Crippen molar-refractivity contribution in [3.05, 3.63) is 101 Å². The maximum Gasteiger partial charge on any atom is 0.130 e. The average molecular weight is 397 g/mol. The Bertz CT molecular complexity index is 918. The van der Waals surface area contributed by atoms with Crippen LogP contribution in [0.5, 0.6) is 5.75 Å². The minimum atomic E-state index is -0.762. The molecule has 3 nitrogen and oxygen atoms in total. The molecule has 0 heterocycles. The van der Waals surface area contributed by atoms with Gasteiger partial charge in [0, 0.05) is 31.3 Å². The summed E-state index contributed by atoms with van der Waals surface area (Å²) in [5.41, 5.74) is 2.42. The van der Waals surface area contributed by atoms with Crippen molar-refractivity contribution in [3.63, 3.8) is 0 Å². The summed E-state index contributed by atoms with van der Waals surface area (Å²) < 4.78 is 33.1. The normalized spacial score (nSPS) is 12.2. The van der Waals surface area contributed by atoms with Gasteiger partial charge in [-0.25, -0.2) is 8.78 Å². The molecule has 0 aliphatic carbocycles. The number of aliphatic hydroxyl groups is 1. The molecule has 5 heteroatoms. The summed E-state index contributed by atoms with van der Waals surface area (Å²) in [6.45, 7) is 3.14. The monoisotopic (exact) mass is 397 g/mol. The molecule has 0 aliphatic rings. The van der Waals surface area contributed by atoms with Gasteiger partial charge in [0.1, 0.15) is 30.1 Å². The third-order valence-corrected chi connectivity index (χ3v) is 4.65. The van der Waals surface area contributed by atoms with Crippen LogP contribution in [0.4, 0.5) is 8.78 Å². The maximum atomic E-state index is 14.1. The van der Waals surface area contributed by atoms with E-state index in [4.69, 9.17) is 4.74 Å². The van der Waals surface area contributed by atoms with Crippen LogP contribution in [-0.4, -0.2) is 29.3 Å². The zero-order chi connectivity index (χ0) is 20.6. The Balaban J connectivity index is 1.67. The second-order valence-corrected chi connectivity index (χ2v) is 7.12. The Morgan fingerprint density at radius 3 is 2.38 bits per heavy atom. The van der Waals surface area contributed by atoms with E-state index < -0.39 is 17.7 Å². The Morgan fingerprint density at radius 2 is 1.66 bits per heavy atom. The lowest BCUT2D eigenvalue weighted by Crippen LogP contribution is -2.35. The maximum absolute atomic E-state index is 14.1. The summed E-state index contributed by atoms with van der Waals surface area (Å²) in [5.74, 6) is -0.466. The molecule has 0 aromatic heterocycles. The van der Waals surface area contributed by atoms with Crippen molar-refractivity contribution in [3.8, 4) is 5.75 Å². The summed E-state index contributed by atoms with van der Waals surface area (Å²) in [6, 6.07) is 20.9. The van der Waals surface area contributed by atoms with E-state index in [1.165, 1.54) is 12.1 Å². The standard InChI is InChI=1S/C24H25F2NO2/c1-18-7-5-6-10-24(18)29-17-22(28)16-27(14-19-8-3-2-4-9-19)15-20-11-12-21(25)13-23(20)26/h2-13,22,28H,14-17H2,1H3. The van der Waals surface area contributed by atoms with Crippen molar-refractivity contribution in [2.45, 2.75) is 26.1 Å². The highest BCUT2D eigenvalue weighted by molar-refractivity contribution is 5.31. The summed E-state index contributed by atoms with van der Waals surface area (Å²) in [5, 5.41) is 10.5. The number of benzene rings is 3. The molecule has 0 saturated carbocycles. The molecule has 0 aliphatic heterocycles. The highest BCUT2D eigenvalue weighted by atomic mass is 19.1. The summed E-state index contributed by atoms with van der Waals surface area (Å²) in [7, 11) is 0. The number of ether oxygens (including phenoxy) is 1. The molecular weight excluding hydrogens is 372 g/mol. The minimum absolute atomic E-state index is 0.127. The predicted molar refractivity (Wildman–Crippen MR) is 110 cm³/mol. The number of hydrogen-bond donors (Lipinski definition) is 1. The van der Waals surface area contributed by atoms with Crippen molar-refractivity contribution in [2.75, 3.05) is 13.2 Å². The molecule has 0 spiro atoms. The van der Waals surface area contributed by atoms with E-state index in [2.05, 4.69) is 0 Å². The molecule has 3 rings (SSSR count). The van der Waals surface area contributed by atoms with Gasteiger partial charge in [-0.3, -0.25) is 4.90 Å². The van der Waals surface area contributed by atoms with Gasteiger partial charge < -0.3 is 9.84 Å². The molecule has 29 heavy (non-hydrogen) atoms. The number of aryl methyl sites for hydroxylation is 1. The largest absolute Gasteiger partial charge is 0.491 e. The molecule has 3 aromatic rings. The van der Waals surface area contributed by atoms with Crippen LogP contribution in [0, 0.1) is 18.6 Å². The van der Waals surface area contributed by atoms with Gasteiger partial charge in [-0.1, -0.05) is 54.6 Å². The lowest BCUT2D eigenvalue weighted by molar-refractivity contribution is 0.0622. The lowest BCUT2D eigenvalue weighted by atomic mass is 10.1. The van der Waals surface area contributed by atoms with Crippen molar-refractivity contribution < 1.29 is 18.6 Å². The summed E-state index contributed by atoms with van der Waals surface area (Å²) >= 11 is 0. The number of para-hydroxylation sites is 1. The molecule has 0 fully saturated rings. The van der Waals surface area contributed by atoms with Crippen LogP contribution in [0.3, 0.4) is 0 Å². The third-order valence-electron chi connectivity index (χ3n) is 4.65. The Hall–Kier alpha value is -2.76. The number of aliphatic hydroxyl groups excluding tert-OH is 1. The Labute approximate surface area is 170 Å². The summed E-state index contributed by atoms with van der Waals surface area (Å²) in [4.78, 5) is 1.93. The molecule has 0 amide bonds. The first-order chi connectivity index (χ1) is 14.0. The SMILES string of the molecule is Cc1ccccc1OCC(O)CN(Cc1ccccc1)Cc1ccc(F)cc1F. The van der Waals surface area contributed by atoms with Gasteiger partial charge in [-0.2, -0.15) is 0 Å². The highest BCUT2D eigenvalue weighted by Gasteiger charge is 2.16. The Kier molecular flexibility index (Phi) is 7.33. The quantitative estimate of drug-likeness (QED) is 0.567. The fraction of sp³-hybridized carbons (Fsp3) is 0.250. The van der Waals surface area contributed by atoms with Gasteiger partial charge in [-0.15, -0.1) is 0 Å². The number of nitrogens with zero attached hydrogens (tertiary/aromatic N) is 1. The molecule has 0 saturated heterocycles. The first kappa shape index (κ1) is 21.0. The first-order valence-corrected chi connectivity index (χ1v) is 9.58. The van der Waals surface area contributed by atoms with Crippen molar-refractivity contribution in [1.82, 2.24) is 4.90 Å². The zero-order valence-corrected chi connectivity index (χ0v) is 16.4. The zero-order valence-electron chi connectivity index (χ0n) is 16.4. The molecule has 3 aromatic carbocycles. The third kappa shape index (κ3) is 6.38. The first-order valence-electron chi connectivity index (χ1n) is 9.58. The van der Waals surface area contributed by atoms with Gasteiger partial charge in [0.25, 0.3) is 0 Å². The van der Waals surface area contributed by atoms with Crippen LogP contribution >= 0.6 is 0 Å². The van der Waals surface area contributed by atoms with Gasteiger partial charge in [0.05, 0.1) is 0 Å². The molecule has 152 valence electrons. The molecule has 1 N–H and O–H groups in total. The van der Waals surface area contributed by atoms with Crippen LogP contribution in [0.15, 0.2) is 72.8 Å². The van der Waals surface area contributed by atoms with Crippen molar-refractivity contribution >= 4 is 0 Å². The lowest BCUT2D eigenvalue weighted by Gasteiger charge is -2.26. The van der Waals surface area contributed by atoms with Crippen LogP contribution < -0.4 is 4.74 Å². The van der Waals surface area contributed by atoms with Crippen molar-refractivity contribution in [1.29, 1.82) is 0 Å². The van der Waals surface area contributed by atoms with E-state index in [-0.39, 0.29) is 19.7 Å². The van der Waals surface area contributed by atoms with E-state index in [9.17, 15) is 13.9 Å². The number of halogens is 2. The highest BCUT2D eigenvalue weighted by Crippen LogP contribution is 2.18. The van der Waals surface area contributed by atoms with E-state index in [0.29, 0.717) is 12.1 Å². The van der Waals surface area contributed by atoms with E-state index >= 15 is 0 Å². The van der Waals surface area contributed by atoms with Crippen LogP contribution in [-0.2, 0) is 13.1 Å². The average Bonchev–Trinajstić information content (AvgIpc) is 2.70. The van der Waals surface area contributed by atoms with E-state index in [0.717, 1.165) is 22.9 Å². The topological polar surface area (TPSA) is 32.7 Å². The molecule has 0 radical (unpaired) electrons. The fourth-order valence-corrected chi connectivity index (χ4v) is 3.17. The second-order valence-electron chi connectivity index (χ2n) is 7.12. The minimum Gasteiger partial charge on any atom is -0.491 e. The second kappa shape index (κ2) is 10.1. The van der Waals surface area contributed by atoms with Gasteiger partial charge in [0.15, 0.2) is 0 Å².